The minimum absolute atomic E-state index is 0.00767. The van der Waals surface area contributed by atoms with Gasteiger partial charge in [-0.05, 0) is 38.4 Å². The molecule has 1 atom stereocenters. The molecule has 0 aliphatic rings. The van der Waals surface area contributed by atoms with Gasteiger partial charge in [-0.2, -0.15) is 13.2 Å². The summed E-state index contributed by atoms with van der Waals surface area (Å²) in [6.45, 7) is 2.53. The lowest BCUT2D eigenvalue weighted by molar-refractivity contribution is -0.135. The lowest BCUT2D eigenvalue weighted by Gasteiger charge is -2.14. The summed E-state index contributed by atoms with van der Waals surface area (Å²) in [5, 5.41) is 3.24. The van der Waals surface area contributed by atoms with Gasteiger partial charge < -0.3 is 9.88 Å². The molecule has 0 fully saturated rings. The number of nitrogens with zero attached hydrogens (tertiary/aromatic N) is 2. The van der Waals surface area contributed by atoms with Crippen LogP contribution in [0.5, 0.6) is 0 Å². The summed E-state index contributed by atoms with van der Waals surface area (Å²) in [4.78, 5) is 4.57. The number of benzene rings is 1. The zero-order valence-electron chi connectivity index (χ0n) is 12.2. The van der Waals surface area contributed by atoms with E-state index in [1.54, 1.807) is 0 Å². The third kappa shape index (κ3) is 4.20. The molecule has 116 valence electrons. The van der Waals surface area contributed by atoms with Gasteiger partial charge >= 0.3 is 6.18 Å². The highest BCUT2D eigenvalue weighted by atomic mass is 19.4. The molecular weight excluding hydrogens is 279 g/mol. The molecule has 0 amide bonds. The molecule has 2 aromatic rings. The quantitative estimate of drug-likeness (QED) is 0.818. The molecule has 0 radical (unpaired) electrons. The molecule has 1 N–H and O–H groups in total. The van der Waals surface area contributed by atoms with Gasteiger partial charge in [0, 0.05) is 13.5 Å². The zero-order valence-corrected chi connectivity index (χ0v) is 12.2. The SMILES string of the molecule is CC(NCCCCC(F)(F)F)c1nc2ccccc2n1C. The number of rotatable bonds is 6. The van der Waals surface area contributed by atoms with Crippen molar-refractivity contribution < 1.29 is 13.2 Å². The summed E-state index contributed by atoms with van der Waals surface area (Å²) in [6.07, 6.45) is -4.10. The average Bonchev–Trinajstić information content (AvgIpc) is 2.75. The van der Waals surface area contributed by atoms with E-state index < -0.39 is 12.6 Å². The Kier molecular flexibility index (Phi) is 4.88. The number of alkyl halides is 3. The summed E-state index contributed by atoms with van der Waals surface area (Å²) in [5.74, 6) is 0.895. The maximum atomic E-state index is 12.0. The summed E-state index contributed by atoms with van der Waals surface area (Å²) in [5.41, 5.74) is 1.99. The molecule has 0 aliphatic heterocycles. The van der Waals surface area contributed by atoms with Crippen LogP contribution < -0.4 is 5.32 Å². The van der Waals surface area contributed by atoms with Gasteiger partial charge in [0.15, 0.2) is 0 Å². The number of aromatic nitrogens is 2. The Balaban J connectivity index is 1.88. The van der Waals surface area contributed by atoms with Crippen LogP contribution in [0.3, 0.4) is 0 Å². The fourth-order valence-electron chi connectivity index (χ4n) is 2.41. The van der Waals surface area contributed by atoms with Crippen LogP contribution >= 0.6 is 0 Å². The molecular formula is C15H20F3N3. The van der Waals surface area contributed by atoms with Gasteiger partial charge in [0.2, 0.25) is 0 Å². The van der Waals surface area contributed by atoms with E-state index in [1.165, 1.54) is 0 Å². The Bertz CT molecular complexity index is 589. The number of para-hydroxylation sites is 2. The summed E-state index contributed by atoms with van der Waals surface area (Å²) in [7, 11) is 1.95. The standard InChI is InChI=1S/C15H20F3N3/c1-11(19-10-6-5-9-15(16,17)18)14-20-12-7-3-4-8-13(12)21(14)2/h3-4,7-8,11,19H,5-6,9-10H2,1-2H3. The van der Waals surface area contributed by atoms with Gasteiger partial charge in [-0.15, -0.1) is 0 Å². The first-order valence-electron chi connectivity index (χ1n) is 7.10. The van der Waals surface area contributed by atoms with Crippen LogP contribution in [0.2, 0.25) is 0 Å². The Morgan fingerprint density at radius 1 is 1.24 bits per heavy atom. The van der Waals surface area contributed by atoms with E-state index in [2.05, 4.69) is 10.3 Å². The van der Waals surface area contributed by atoms with E-state index >= 15 is 0 Å². The molecule has 0 aliphatic carbocycles. The van der Waals surface area contributed by atoms with Gasteiger partial charge in [-0.25, -0.2) is 4.98 Å². The molecule has 21 heavy (non-hydrogen) atoms. The monoisotopic (exact) mass is 299 g/mol. The predicted octanol–water partition coefficient (Wildman–Crippen LogP) is 3.96. The molecule has 1 unspecified atom stereocenters. The van der Waals surface area contributed by atoms with Crippen molar-refractivity contribution in [1.29, 1.82) is 0 Å². The Morgan fingerprint density at radius 2 is 1.95 bits per heavy atom. The molecule has 0 saturated heterocycles. The van der Waals surface area contributed by atoms with E-state index in [1.807, 2.05) is 42.8 Å². The van der Waals surface area contributed by atoms with Crippen molar-refractivity contribution in [3.63, 3.8) is 0 Å². The third-order valence-corrected chi connectivity index (χ3v) is 3.55. The van der Waals surface area contributed by atoms with Gasteiger partial charge in [0.05, 0.1) is 17.1 Å². The molecule has 0 spiro atoms. The predicted molar refractivity (Wildman–Crippen MR) is 77.0 cm³/mol. The highest BCUT2D eigenvalue weighted by Crippen LogP contribution is 2.22. The lowest BCUT2D eigenvalue weighted by Crippen LogP contribution is -2.23. The molecule has 0 saturated carbocycles. The van der Waals surface area contributed by atoms with Gasteiger partial charge in [-0.3, -0.25) is 0 Å². The van der Waals surface area contributed by atoms with Gasteiger partial charge in [-0.1, -0.05) is 12.1 Å². The third-order valence-electron chi connectivity index (χ3n) is 3.55. The van der Waals surface area contributed by atoms with Gasteiger partial charge in [0.1, 0.15) is 5.82 Å². The first-order valence-corrected chi connectivity index (χ1v) is 7.10. The Hall–Kier alpha value is -1.56. The highest BCUT2D eigenvalue weighted by molar-refractivity contribution is 5.75. The molecule has 2 rings (SSSR count). The lowest BCUT2D eigenvalue weighted by atomic mass is 10.2. The summed E-state index contributed by atoms with van der Waals surface area (Å²) >= 11 is 0. The topological polar surface area (TPSA) is 29.9 Å². The average molecular weight is 299 g/mol. The number of halogens is 3. The Morgan fingerprint density at radius 3 is 2.62 bits per heavy atom. The van der Waals surface area contributed by atoms with Crippen LogP contribution in [0.25, 0.3) is 11.0 Å². The molecule has 3 nitrogen and oxygen atoms in total. The van der Waals surface area contributed by atoms with E-state index in [9.17, 15) is 13.2 Å². The first kappa shape index (κ1) is 15.8. The molecule has 1 aromatic heterocycles. The molecule has 1 aromatic carbocycles. The van der Waals surface area contributed by atoms with Crippen molar-refractivity contribution in [1.82, 2.24) is 14.9 Å². The van der Waals surface area contributed by atoms with Crippen LogP contribution in [-0.2, 0) is 7.05 Å². The molecule has 6 heteroatoms. The number of imidazole rings is 1. The van der Waals surface area contributed by atoms with Crippen LogP contribution in [-0.4, -0.2) is 22.3 Å². The van der Waals surface area contributed by atoms with Crippen molar-refractivity contribution in [2.24, 2.45) is 7.05 Å². The second kappa shape index (κ2) is 6.47. The van der Waals surface area contributed by atoms with Crippen LogP contribution in [0, 0.1) is 0 Å². The van der Waals surface area contributed by atoms with E-state index in [4.69, 9.17) is 0 Å². The fourth-order valence-corrected chi connectivity index (χ4v) is 2.41. The van der Waals surface area contributed by atoms with Crippen molar-refractivity contribution in [2.75, 3.05) is 6.54 Å². The number of unbranched alkanes of at least 4 members (excludes halogenated alkanes) is 1. The summed E-state index contributed by atoms with van der Waals surface area (Å²) < 4.78 is 38.1. The minimum Gasteiger partial charge on any atom is -0.330 e. The van der Waals surface area contributed by atoms with Gasteiger partial charge in [0.25, 0.3) is 0 Å². The Labute approximate surface area is 122 Å². The fraction of sp³-hybridized carbons (Fsp3) is 0.533. The second-order valence-electron chi connectivity index (χ2n) is 5.27. The van der Waals surface area contributed by atoms with Crippen molar-refractivity contribution >= 4 is 11.0 Å². The van der Waals surface area contributed by atoms with E-state index in [0.29, 0.717) is 13.0 Å². The van der Waals surface area contributed by atoms with Crippen molar-refractivity contribution in [2.45, 2.75) is 38.4 Å². The second-order valence-corrected chi connectivity index (χ2v) is 5.27. The van der Waals surface area contributed by atoms with Crippen LogP contribution in [0.1, 0.15) is 38.1 Å². The first-order chi connectivity index (χ1) is 9.88. The number of hydrogen-bond donors (Lipinski definition) is 1. The largest absolute Gasteiger partial charge is 0.389 e. The van der Waals surface area contributed by atoms with Crippen molar-refractivity contribution in [3.05, 3.63) is 30.1 Å². The van der Waals surface area contributed by atoms with Crippen LogP contribution in [0.15, 0.2) is 24.3 Å². The minimum atomic E-state index is -4.05. The van der Waals surface area contributed by atoms with Crippen molar-refractivity contribution in [3.8, 4) is 0 Å². The van der Waals surface area contributed by atoms with E-state index in [0.717, 1.165) is 16.9 Å². The number of hydrogen-bond acceptors (Lipinski definition) is 2. The zero-order chi connectivity index (χ0) is 15.5. The maximum absolute atomic E-state index is 12.0. The normalized spacial score (nSPS) is 13.8. The maximum Gasteiger partial charge on any atom is 0.389 e. The highest BCUT2D eigenvalue weighted by Gasteiger charge is 2.25. The number of aryl methyl sites for hydroxylation is 1. The summed E-state index contributed by atoms with van der Waals surface area (Å²) in [6, 6.07) is 7.86. The van der Waals surface area contributed by atoms with Crippen LogP contribution in [0.4, 0.5) is 13.2 Å². The van der Waals surface area contributed by atoms with E-state index in [-0.39, 0.29) is 12.5 Å². The number of fused-ring (bicyclic) bond motifs is 1. The molecule has 0 bridgehead atoms. The molecule has 1 heterocycles. The number of nitrogens with one attached hydrogen (secondary N) is 1. The smallest absolute Gasteiger partial charge is 0.330 e.